The Morgan fingerprint density at radius 1 is 1.12 bits per heavy atom. The molecule has 0 saturated carbocycles. The first-order chi connectivity index (χ1) is 7.78. The van der Waals surface area contributed by atoms with E-state index in [0.717, 1.165) is 39.3 Å². The second kappa shape index (κ2) is 11.4. The van der Waals surface area contributed by atoms with Gasteiger partial charge in [-0.3, -0.25) is 0 Å². The van der Waals surface area contributed by atoms with Crippen molar-refractivity contribution in [3.05, 3.63) is 0 Å². The van der Waals surface area contributed by atoms with Gasteiger partial charge in [0.2, 0.25) is 0 Å². The van der Waals surface area contributed by atoms with Gasteiger partial charge < -0.3 is 15.0 Å². The van der Waals surface area contributed by atoms with E-state index in [4.69, 9.17) is 4.74 Å². The maximum atomic E-state index is 5.62. The van der Waals surface area contributed by atoms with Crippen LogP contribution in [-0.2, 0) is 4.74 Å². The van der Waals surface area contributed by atoms with E-state index in [-0.39, 0.29) is 0 Å². The average Bonchev–Trinajstić information content (AvgIpc) is 2.30. The Morgan fingerprint density at radius 2 is 1.81 bits per heavy atom. The van der Waals surface area contributed by atoms with Crippen LogP contribution in [0.2, 0.25) is 0 Å². The van der Waals surface area contributed by atoms with Gasteiger partial charge in [0.15, 0.2) is 0 Å². The first-order valence-electron chi connectivity index (χ1n) is 6.81. The molecule has 3 nitrogen and oxygen atoms in total. The SMILES string of the molecule is CCCOCC(CCN(CC)CC)NCC. The third kappa shape index (κ3) is 8.08. The maximum Gasteiger partial charge on any atom is 0.0620 e. The number of nitrogens with one attached hydrogen (secondary N) is 1. The third-order valence-corrected chi connectivity index (χ3v) is 2.85. The fourth-order valence-corrected chi connectivity index (χ4v) is 1.78. The number of nitrogens with zero attached hydrogens (tertiary/aromatic N) is 1. The summed E-state index contributed by atoms with van der Waals surface area (Å²) in [6.07, 6.45) is 2.29. The summed E-state index contributed by atoms with van der Waals surface area (Å²) in [5.41, 5.74) is 0. The van der Waals surface area contributed by atoms with Gasteiger partial charge in [-0.1, -0.05) is 27.7 Å². The molecule has 0 aliphatic carbocycles. The highest BCUT2D eigenvalue weighted by Crippen LogP contribution is 1.98. The zero-order chi connectivity index (χ0) is 12.2. The van der Waals surface area contributed by atoms with Crippen molar-refractivity contribution in [3.63, 3.8) is 0 Å². The predicted molar refractivity (Wildman–Crippen MR) is 71.0 cm³/mol. The molecule has 0 aromatic rings. The number of likely N-dealkylation sites (N-methyl/N-ethyl adjacent to an activating group) is 1. The Morgan fingerprint density at radius 3 is 2.31 bits per heavy atom. The lowest BCUT2D eigenvalue weighted by Gasteiger charge is -2.23. The molecule has 0 aromatic heterocycles. The van der Waals surface area contributed by atoms with Crippen molar-refractivity contribution in [2.24, 2.45) is 0 Å². The van der Waals surface area contributed by atoms with Crippen molar-refractivity contribution in [1.82, 2.24) is 10.2 Å². The van der Waals surface area contributed by atoms with Gasteiger partial charge in [0, 0.05) is 12.6 Å². The summed E-state index contributed by atoms with van der Waals surface area (Å²) in [6, 6.07) is 0.511. The van der Waals surface area contributed by atoms with Crippen molar-refractivity contribution < 1.29 is 4.74 Å². The molecule has 1 unspecified atom stereocenters. The van der Waals surface area contributed by atoms with E-state index < -0.39 is 0 Å². The molecule has 0 radical (unpaired) electrons. The Labute approximate surface area is 102 Å². The monoisotopic (exact) mass is 230 g/mol. The van der Waals surface area contributed by atoms with Crippen molar-refractivity contribution in [2.45, 2.75) is 46.6 Å². The van der Waals surface area contributed by atoms with Crippen molar-refractivity contribution >= 4 is 0 Å². The molecule has 0 aliphatic heterocycles. The molecule has 0 aliphatic rings. The van der Waals surface area contributed by atoms with Gasteiger partial charge in [-0.15, -0.1) is 0 Å². The smallest absolute Gasteiger partial charge is 0.0620 e. The first kappa shape index (κ1) is 15.9. The fraction of sp³-hybridized carbons (Fsp3) is 1.00. The minimum atomic E-state index is 0.511. The lowest BCUT2D eigenvalue weighted by Crippen LogP contribution is -2.37. The fourth-order valence-electron chi connectivity index (χ4n) is 1.78. The Bertz CT molecular complexity index is 138. The van der Waals surface area contributed by atoms with E-state index in [1.54, 1.807) is 0 Å². The predicted octanol–water partition coefficient (Wildman–Crippen LogP) is 2.12. The molecule has 0 saturated heterocycles. The number of hydrogen-bond donors (Lipinski definition) is 1. The van der Waals surface area contributed by atoms with Crippen LogP contribution in [0.15, 0.2) is 0 Å². The highest BCUT2D eigenvalue weighted by Gasteiger charge is 2.09. The molecule has 0 aromatic carbocycles. The maximum absolute atomic E-state index is 5.62. The molecule has 1 N–H and O–H groups in total. The van der Waals surface area contributed by atoms with Gasteiger partial charge in [0.05, 0.1) is 6.61 Å². The summed E-state index contributed by atoms with van der Waals surface area (Å²) >= 11 is 0. The molecule has 98 valence electrons. The van der Waals surface area contributed by atoms with Crippen LogP contribution < -0.4 is 5.32 Å². The highest BCUT2D eigenvalue weighted by molar-refractivity contribution is 4.67. The van der Waals surface area contributed by atoms with Crippen LogP contribution in [0.1, 0.15) is 40.5 Å². The second-order valence-electron chi connectivity index (χ2n) is 4.15. The van der Waals surface area contributed by atoms with Crippen LogP contribution in [0.25, 0.3) is 0 Å². The lowest BCUT2D eigenvalue weighted by molar-refractivity contribution is 0.105. The summed E-state index contributed by atoms with van der Waals surface area (Å²) in [5, 5.41) is 3.49. The van der Waals surface area contributed by atoms with Gasteiger partial charge in [-0.25, -0.2) is 0 Å². The molecule has 16 heavy (non-hydrogen) atoms. The first-order valence-corrected chi connectivity index (χ1v) is 6.81. The van der Waals surface area contributed by atoms with Crippen molar-refractivity contribution in [3.8, 4) is 0 Å². The van der Waals surface area contributed by atoms with Crippen LogP contribution in [-0.4, -0.2) is 50.3 Å². The van der Waals surface area contributed by atoms with Crippen LogP contribution in [0.3, 0.4) is 0 Å². The molecule has 0 fully saturated rings. The van der Waals surface area contributed by atoms with E-state index >= 15 is 0 Å². The van der Waals surface area contributed by atoms with Gasteiger partial charge in [0.1, 0.15) is 0 Å². The summed E-state index contributed by atoms with van der Waals surface area (Å²) < 4.78 is 5.62. The molecular formula is C13H30N2O. The minimum absolute atomic E-state index is 0.511. The van der Waals surface area contributed by atoms with Crippen LogP contribution in [0, 0.1) is 0 Å². The van der Waals surface area contributed by atoms with Crippen molar-refractivity contribution in [1.29, 1.82) is 0 Å². The number of ether oxygens (including phenoxy) is 1. The van der Waals surface area contributed by atoms with Crippen LogP contribution >= 0.6 is 0 Å². The summed E-state index contributed by atoms with van der Waals surface area (Å²) in [6.45, 7) is 15.0. The van der Waals surface area contributed by atoms with Gasteiger partial charge in [-0.05, 0) is 39.0 Å². The molecule has 3 heteroatoms. The molecule has 1 atom stereocenters. The van der Waals surface area contributed by atoms with Gasteiger partial charge in [0.25, 0.3) is 0 Å². The van der Waals surface area contributed by atoms with Crippen LogP contribution in [0.5, 0.6) is 0 Å². The summed E-state index contributed by atoms with van der Waals surface area (Å²) in [5.74, 6) is 0. The average molecular weight is 230 g/mol. The summed E-state index contributed by atoms with van der Waals surface area (Å²) in [7, 11) is 0. The zero-order valence-corrected chi connectivity index (χ0v) is 11.6. The minimum Gasteiger partial charge on any atom is -0.380 e. The molecular weight excluding hydrogens is 200 g/mol. The largest absolute Gasteiger partial charge is 0.380 e. The highest BCUT2D eigenvalue weighted by atomic mass is 16.5. The molecule has 0 spiro atoms. The number of rotatable bonds is 11. The quantitative estimate of drug-likeness (QED) is 0.550. The molecule has 0 heterocycles. The summed E-state index contributed by atoms with van der Waals surface area (Å²) in [4.78, 5) is 2.46. The molecule has 0 rings (SSSR count). The number of hydrogen-bond acceptors (Lipinski definition) is 3. The van der Waals surface area contributed by atoms with E-state index in [1.165, 1.54) is 13.0 Å². The Balaban J connectivity index is 3.73. The van der Waals surface area contributed by atoms with E-state index in [2.05, 4.69) is 37.9 Å². The van der Waals surface area contributed by atoms with Crippen LogP contribution in [0.4, 0.5) is 0 Å². The standard InChI is InChI=1S/C13H30N2O/c1-5-11-16-12-13(14-6-2)9-10-15(7-3)8-4/h13-14H,5-12H2,1-4H3. The Kier molecular flexibility index (Phi) is 11.3. The van der Waals surface area contributed by atoms with Crippen molar-refractivity contribution in [2.75, 3.05) is 39.4 Å². The van der Waals surface area contributed by atoms with E-state index in [9.17, 15) is 0 Å². The molecule has 0 amide bonds. The van der Waals surface area contributed by atoms with E-state index in [0.29, 0.717) is 6.04 Å². The molecule has 0 bridgehead atoms. The Hall–Kier alpha value is -0.120. The zero-order valence-electron chi connectivity index (χ0n) is 11.6. The third-order valence-electron chi connectivity index (χ3n) is 2.85. The second-order valence-corrected chi connectivity index (χ2v) is 4.15. The van der Waals surface area contributed by atoms with E-state index in [1.807, 2.05) is 0 Å². The normalized spacial score (nSPS) is 13.3. The van der Waals surface area contributed by atoms with Gasteiger partial charge in [-0.2, -0.15) is 0 Å². The van der Waals surface area contributed by atoms with Gasteiger partial charge >= 0.3 is 0 Å². The lowest BCUT2D eigenvalue weighted by atomic mass is 10.2. The topological polar surface area (TPSA) is 24.5 Å².